The third-order valence-corrected chi connectivity index (χ3v) is 3.05. The number of benzene rings is 1. The van der Waals surface area contributed by atoms with Gasteiger partial charge in [-0.3, -0.25) is 14.9 Å². The van der Waals surface area contributed by atoms with Gasteiger partial charge < -0.3 is 9.47 Å². The van der Waals surface area contributed by atoms with E-state index in [4.69, 9.17) is 9.47 Å². The van der Waals surface area contributed by atoms with Gasteiger partial charge in [-0.1, -0.05) is 0 Å². The van der Waals surface area contributed by atoms with Crippen LogP contribution in [0.15, 0.2) is 18.2 Å². The second-order valence-corrected chi connectivity index (χ2v) is 4.53. The molecule has 1 aromatic rings. The van der Waals surface area contributed by atoms with Crippen LogP contribution in [-0.4, -0.2) is 30.5 Å². The summed E-state index contributed by atoms with van der Waals surface area (Å²) in [4.78, 5) is 21.6. The molecule has 0 radical (unpaired) electrons. The van der Waals surface area contributed by atoms with Crippen LogP contribution in [0.1, 0.15) is 23.7 Å². The number of hydrogen-bond acceptors (Lipinski definition) is 5. The summed E-state index contributed by atoms with van der Waals surface area (Å²) >= 11 is 0. The average molecular weight is 265 g/mol. The van der Waals surface area contributed by atoms with Crippen molar-refractivity contribution in [2.24, 2.45) is 5.92 Å². The van der Waals surface area contributed by atoms with Gasteiger partial charge in [-0.25, -0.2) is 0 Å². The van der Waals surface area contributed by atoms with E-state index in [0.717, 1.165) is 13.0 Å². The highest BCUT2D eigenvalue weighted by molar-refractivity contribution is 5.98. The number of carbonyl (C=O) groups excluding carboxylic acids is 1. The maximum atomic E-state index is 11.4. The lowest BCUT2D eigenvalue weighted by Gasteiger charge is -2.11. The summed E-state index contributed by atoms with van der Waals surface area (Å²) in [6.45, 7) is 3.21. The van der Waals surface area contributed by atoms with Crippen molar-refractivity contribution < 1.29 is 19.2 Å². The van der Waals surface area contributed by atoms with Gasteiger partial charge in [-0.2, -0.15) is 0 Å². The molecular weight excluding hydrogens is 250 g/mol. The molecule has 0 aliphatic carbocycles. The predicted octanol–water partition coefficient (Wildman–Crippen LogP) is 2.21. The summed E-state index contributed by atoms with van der Waals surface area (Å²) in [5, 5.41) is 10.8. The van der Waals surface area contributed by atoms with Gasteiger partial charge in [0.05, 0.1) is 23.7 Å². The van der Waals surface area contributed by atoms with Crippen LogP contribution in [0.2, 0.25) is 0 Å². The summed E-state index contributed by atoms with van der Waals surface area (Å²) in [7, 11) is 0. The Morgan fingerprint density at radius 2 is 2.37 bits per heavy atom. The SMILES string of the molecule is CC(=O)c1cc(OCC2CCOC2)ccc1[N+](=O)[O-]. The Morgan fingerprint density at radius 3 is 2.95 bits per heavy atom. The molecule has 0 aromatic heterocycles. The number of ether oxygens (including phenoxy) is 2. The van der Waals surface area contributed by atoms with E-state index in [1.165, 1.54) is 25.1 Å². The minimum atomic E-state index is -0.564. The first-order valence-electron chi connectivity index (χ1n) is 6.08. The van der Waals surface area contributed by atoms with Gasteiger partial charge >= 0.3 is 0 Å². The molecule has 1 atom stereocenters. The van der Waals surface area contributed by atoms with Gasteiger partial charge in [0.1, 0.15) is 5.75 Å². The predicted molar refractivity (Wildman–Crippen MR) is 67.5 cm³/mol. The summed E-state index contributed by atoms with van der Waals surface area (Å²) in [5.41, 5.74) is -0.116. The molecule has 1 heterocycles. The number of rotatable bonds is 5. The van der Waals surface area contributed by atoms with Crippen LogP contribution >= 0.6 is 0 Å². The molecule has 2 rings (SSSR count). The van der Waals surface area contributed by atoms with E-state index in [0.29, 0.717) is 24.9 Å². The molecular formula is C13H15NO5. The monoisotopic (exact) mass is 265 g/mol. The second-order valence-electron chi connectivity index (χ2n) is 4.53. The molecule has 19 heavy (non-hydrogen) atoms. The molecule has 1 fully saturated rings. The van der Waals surface area contributed by atoms with Crippen molar-refractivity contribution in [3.63, 3.8) is 0 Å². The lowest BCUT2D eigenvalue weighted by Crippen LogP contribution is -2.12. The number of carbonyl (C=O) groups is 1. The largest absolute Gasteiger partial charge is 0.493 e. The van der Waals surface area contributed by atoms with E-state index in [1.807, 2.05) is 0 Å². The van der Waals surface area contributed by atoms with Gasteiger partial charge in [-0.15, -0.1) is 0 Å². The van der Waals surface area contributed by atoms with E-state index >= 15 is 0 Å². The number of nitrogens with zero attached hydrogens (tertiary/aromatic N) is 1. The molecule has 0 spiro atoms. The molecule has 6 heteroatoms. The van der Waals surface area contributed by atoms with Gasteiger partial charge in [0.15, 0.2) is 5.78 Å². The molecule has 1 saturated heterocycles. The third kappa shape index (κ3) is 3.29. The molecule has 6 nitrogen and oxygen atoms in total. The fourth-order valence-electron chi connectivity index (χ4n) is 1.97. The van der Waals surface area contributed by atoms with Crippen molar-refractivity contribution in [2.45, 2.75) is 13.3 Å². The van der Waals surface area contributed by atoms with E-state index < -0.39 is 4.92 Å². The van der Waals surface area contributed by atoms with Crippen LogP contribution in [0, 0.1) is 16.0 Å². The van der Waals surface area contributed by atoms with Gasteiger partial charge in [0, 0.05) is 18.6 Å². The maximum Gasteiger partial charge on any atom is 0.280 e. The fraction of sp³-hybridized carbons (Fsp3) is 0.462. The van der Waals surface area contributed by atoms with E-state index in [-0.39, 0.29) is 17.0 Å². The number of Topliss-reactive ketones (excluding diaryl/α,β-unsaturated/α-hetero) is 1. The minimum Gasteiger partial charge on any atom is -0.493 e. The van der Waals surface area contributed by atoms with Gasteiger partial charge in [-0.05, 0) is 25.5 Å². The van der Waals surface area contributed by atoms with Crippen molar-refractivity contribution in [2.75, 3.05) is 19.8 Å². The molecule has 1 aromatic carbocycles. The van der Waals surface area contributed by atoms with Crippen molar-refractivity contribution in [1.29, 1.82) is 0 Å². The molecule has 0 saturated carbocycles. The lowest BCUT2D eigenvalue weighted by molar-refractivity contribution is -0.385. The standard InChI is InChI=1S/C13H15NO5/c1-9(15)12-6-11(2-3-13(12)14(16)17)19-8-10-4-5-18-7-10/h2-3,6,10H,4-5,7-8H2,1H3. The summed E-state index contributed by atoms with van der Waals surface area (Å²) < 4.78 is 10.8. The molecule has 0 N–H and O–H groups in total. The number of nitro groups is 1. The maximum absolute atomic E-state index is 11.4. The zero-order chi connectivity index (χ0) is 13.8. The first-order valence-corrected chi connectivity index (χ1v) is 6.08. The highest BCUT2D eigenvalue weighted by Crippen LogP contribution is 2.25. The molecule has 0 amide bonds. The fourth-order valence-corrected chi connectivity index (χ4v) is 1.97. The second kappa shape index (κ2) is 5.79. The van der Waals surface area contributed by atoms with Gasteiger partial charge in [0.2, 0.25) is 0 Å². The Morgan fingerprint density at radius 1 is 1.58 bits per heavy atom. The van der Waals surface area contributed by atoms with Crippen LogP contribution in [0.4, 0.5) is 5.69 Å². The number of nitro benzene ring substituents is 1. The van der Waals surface area contributed by atoms with Gasteiger partial charge in [0.25, 0.3) is 5.69 Å². The van der Waals surface area contributed by atoms with E-state index in [2.05, 4.69) is 0 Å². The first kappa shape index (κ1) is 13.5. The smallest absolute Gasteiger partial charge is 0.280 e. The molecule has 0 bridgehead atoms. The Bertz CT molecular complexity index is 494. The summed E-state index contributed by atoms with van der Waals surface area (Å²) in [6.07, 6.45) is 0.951. The summed E-state index contributed by atoms with van der Waals surface area (Å²) in [5.74, 6) is 0.472. The highest BCUT2D eigenvalue weighted by atomic mass is 16.6. The van der Waals surface area contributed by atoms with E-state index in [9.17, 15) is 14.9 Å². The van der Waals surface area contributed by atoms with Crippen LogP contribution < -0.4 is 4.74 Å². The topological polar surface area (TPSA) is 78.7 Å². The number of ketones is 1. The normalized spacial score (nSPS) is 18.3. The molecule has 1 aliphatic rings. The van der Waals surface area contributed by atoms with E-state index in [1.54, 1.807) is 0 Å². The van der Waals surface area contributed by atoms with Crippen molar-refractivity contribution >= 4 is 11.5 Å². The zero-order valence-electron chi connectivity index (χ0n) is 10.6. The molecule has 1 aliphatic heterocycles. The van der Waals surface area contributed by atoms with Crippen LogP contribution in [-0.2, 0) is 4.74 Å². The molecule has 1 unspecified atom stereocenters. The average Bonchev–Trinajstić information content (AvgIpc) is 2.88. The Balaban J connectivity index is 2.11. The lowest BCUT2D eigenvalue weighted by atomic mass is 10.1. The van der Waals surface area contributed by atoms with Crippen LogP contribution in [0.3, 0.4) is 0 Å². The molecule has 102 valence electrons. The van der Waals surface area contributed by atoms with Crippen molar-refractivity contribution in [1.82, 2.24) is 0 Å². The Labute approximate surface area is 110 Å². The van der Waals surface area contributed by atoms with Crippen LogP contribution in [0.5, 0.6) is 5.75 Å². The van der Waals surface area contributed by atoms with Crippen LogP contribution in [0.25, 0.3) is 0 Å². The summed E-state index contributed by atoms with van der Waals surface area (Å²) in [6, 6.07) is 4.24. The zero-order valence-corrected chi connectivity index (χ0v) is 10.6. The van der Waals surface area contributed by atoms with Crippen molar-refractivity contribution in [3.8, 4) is 5.75 Å². The minimum absolute atomic E-state index is 0.0742. The number of hydrogen-bond donors (Lipinski definition) is 0. The Hall–Kier alpha value is -1.95. The highest BCUT2D eigenvalue weighted by Gasteiger charge is 2.20. The quantitative estimate of drug-likeness (QED) is 0.463. The Kier molecular flexibility index (Phi) is 4.11. The first-order chi connectivity index (χ1) is 9.08. The van der Waals surface area contributed by atoms with Crippen molar-refractivity contribution in [3.05, 3.63) is 33.9 Å². The third-order valence-electron chi connectivity index (χ3n) is 3.05.